The minimum atomic E-state index is -0.756. The lowest BCUT2D eigenvalue weighted by atomic mass is 9.97. The first-order valence-corrected chi connectivity index (χ1v) is 6.54. The van der Waals surface area contributed by atoms with Crippen molar-refractivity contribution in [2.24, 2.45) is 0 Å². The lowest BCUT2D eigenvalue weighted by Crippen LogP contribution is -2.45. The van der Waals surface area contributed by atoms with Crippen LogP contribution in [0.5, 0.6) is 0 Å². The molecule has 0 spiro atoms. The predicted molar refractivity (Wildman–Crippen MR) is 67.1 cm³/mol. The van der Waals surface area contributed by atoms with Crippen molar-refractivity contribution in [3.05, 3.63) is 21.3 Å². The van der Waals surface area contributed by atoms with Gasteiger partial charge in [-0.15, -0.1) is 11.3 Å². The molecule has 2 rings (SSSR count). The molecule has 1 saturated heterocycles. The monoisotopic (exact) mass is 272 g/mol. The van der Waals surface area contributed by atoms with Crippen molar-refractivity contribution in [3.8, 4) is 0 Å². The maximum absolute atomic E-state index is 11.7. The molecule has 3 amide bonds. The first-order chi connectivity index (χ1) is 7.97. The number of urea groups is 1. The average molecular weight is 273 g/mol. The van der Waals surface area contributed by atoms with Gasteiger partial charge in [0.2, 0.25) is 0 Å². The largest absolute Gasteiger partial charge is 0.325 e. The number of carbonyl (C=O) groups is 2. The Hall–Kier alpha value is -1.07. The molecule has 1 fully saturated rings. The van der Waals surface area contributed by atoms with E-state index in [2.05, 4.69) is 5.32 Å². The molecule has 0 saturated carbocycles. The van der Waals surface area contributed by atoms with Crippen LogP contribution in [0.4, 0.5) is 4.79 Å². The van der Waals surface area contributed by atoms with E-state index in [1.54, 1.807) is 17.9 Å². The van der Waals surface area contributed by atoms with Crippen LogP contribution in [0.25, 0.3) is 0 Å². The Kier molecular flexibility index (Phi) is 3.14. The lowest BCUT2D eigenvalue weighted by molar-refractivity contribution is -0.126. The normalized spacial score (nSPS) is 24.3. The molecule has 92 valence electrons. The minimum Gasteiger partial charge on any atom is -0.305 e. The summed E-state index contributed by atoms with van der Waals surface area (Å²) in [5, 5.41) is 2.36. The van der Waals surface area contributed by atoms with E-state index in [0.717, 1.165) is 4.88 Å². The van der Waals surface area contributed by atoms with Crippen molar-refractivity contribution < 1.29 is 9.59 Å². The molecule has 17 heavy (non-hydrogen) atoms. The summed E-state index contributed by atoms with van der Waals surface area (Å²) in [4.78, 5) is 26.0. The molecule has 1 N–H and O–H groups in total. The Morgan fingerprint density at radius 1 is 1.47 bits per heavy atom. The number of imide groups is 1. The Morgan fingerprint density at radius 3 is 2.71 bits per heavy atom. The number of nitrogens with one attached hydrogen (secondary N) is 1. The highest BCUT2D eigenvalue weighted by Gasteiger charge is 2.47. The van der Waals surface area contributed by atoms with Crippen LogP contribution in [0.1, 0.15) is 25.1 Å². The van der Waals surface area contributed by atoms with Gasteiger partial charge in [-0.2, -0.15) is 0 Å². The molecule has 1 aliphatic heterocycles. The molecule has 6 heteroatoms. The van der Waals surface area contributed by atoms with Crippen LogP contribution >= 0.6 is 22.9 Å². The van der Waals surface area contributed by atoms with Gasteiger partial charge in [0.15, 0.2) is 0 Å². The summed E-state index contributed by atoms with van der Waals surface area (Å²) in [5.41, 5.74) is -0.756. The molecule has 0 aliphatic carbocycles. The lowest BCUT2D eigenvalue weighted by Gasteiger charge is -2.30. The van der Waals surface area contributed by atoms with E-state index in [-0.39, 0.29) is 11.9 Å². The average Bonchev–Trinajstić information content (AvgIpc) is 2.77. The topological polar surface area (TPSA) is 49.4 Å². The molecular weight excluding hydrogens is 260 g/mol. The molecule has 1 aromatic heterocycles. The third-order valence-electron chi connectivity index (χ3n) is 3.18. The van der Waals surface area contributed by atoms with Gasteiger partial charge in [-0.1, -0.05) is 18.5 Å². The highest BCUT2D eigenvalue weighted by molar-refractivity contribution is 7.16. The third kappa shape index (κ3) is 2.05. The van der Waals surface area contributed by atoms with Crippen LogP contribution in [0.3, 0.4) is 0 Å². The van der Waals surface area contributed by atoms with Crippen molar-refractivity contribution in [1.29, 1.82) is 0 Å². The summed E-state index contributed by atoms with van der Waals surface area (Å²) in [7, 11) is 0. The van der Waals surface area contributed by atoms with Crippen molar-refractivity contribution >= 4 is 34.9 Å². The third-order valence-corrected chi connectivity index (χ3v) is 4.40. The molecule has 0 bridgehead atoms. The zero-order valence-corrected chi connectivity index (χ0v) is 11.2. The molecular formula is C11H13ClN2O2S. The zero-order chi connectivity index (χ0) is 12.6. The predicted octanol–water partition coefficient (Wildman–Crippen LogP) is 2.62. The standard InChI is InChI=1S/C11H13ClN2O2S/c1-3-11(2)9(15)13-10(16)14(11)6-7-4-5-8(12)17-7/h4-5H,3,6H2,1-2H3,(H,13,15,16). The van der Waals surface area contributed by atoms with Gasteiger partial charge in [0.25, 0.3) is 5.91 Å². The zero-order valence-electron chi connectivity index (χ0n) is 9.62. The summed E-state index contributed by atoms with van der Waals surface area (Å²) < 4.78 is 0.684. The van der Waals surface area contributed by atoms with E-state index in [9.17, 15) is 9.59 Å². The second kappa shape index (κ2) is 4.31. The van der Waals surface area contributed by atoms with Gasteiger partial charge < -0.3 is 4.90 Å². The fourth-order valence-corrected chi connectivity index (χ4v) is 2.91. The van der Waals surface area contributed by atoms with Crippen LogP contribution < -0.4 is 5.32 Å². The molecule has 1 aromatic rings. The van der Waals surface area contributed by atoms with Crippen molar-refractivity contribution in [1.82, 2.24) is 10.2 Å². The number of nitrogens with zero attached hydrogens (tertiary/aromatic N) is 1. The molecule has 1 atom stereocenters. The van der Waals surface area contributed by atoms with E-state index in [1.807, 2.05) is 13.0 Å². The second-order valence-corrected chi connectivity index (χ2v) is 5.98. The van der Waals surface area contributed by atoms with Crippen LogP contribution in [-0.2, 0) is 11.3 Å². The van der Waals surface area contributed by atoms with Gasteiger partial charge in [0.1, 0.15) is 5.54 Å². The molecule has 0 aromatic carbocycles. The summed E-state index contributed by atoms with van der Waals surface area (Å²) in [6.07, 6.45) is 0.587. The van der Waals surface area contributed by atoms with E-state index >= 15 is 0 Å². The highest BCUT2D eigenvalue weighted by Crippen LogP contribution is 2.30. The fourth-order valence-electron chi connectivity index (χ4n) is 1.84. The van der Waals surface area contributed by atoms with E-state index in [1.165, 1.54) is 11.3 Å². The molecule has 0 radical (unpaired) electrons. The van der Waals surface area contributed by atoms with Crippen molar-refractivity contribution in [2.45, 2.75) is 32.4 Å². The second-order valence-electron chi connectivity index (χ2n) is 4.18. The summed E-state index contributed by atoms with van der Waals surface area (Å²) in [6.45, 7) is 4.09. The quantitative estimate of drug-likeness (QED) is 0.860. The van der Waals surface area contributed by atoms with Crippen LogP contribution in [0.15, 0.2) is 12.1 Å². The summed E-state index contributed by atoms with van der Waals surface area (Å²) in [5.74, 6) is -0.229. The number of thiophene rings is 1. The van der Waals surface area contributed by atoms with Crippen molar-refractivity contribution in [3.63, 3.8) is 0 Å². The first kappa shape index (κ1) is 12.4. The Labute approximate surface area is 109 Å². The number of carbonyl (C=O) groups excluding carboxylic acids is 2. The van der Waals surface area contributed by atoms with Gasteiger partial charge >= 0.3 is 6.03 Å². The first-order valence-electron chi connectivity index (χ1n) is 5.34. The molecule has 1 unspecified atom stereocenters. The van der Waals surface area contributed by atoms with Crippen molar-refractivity contribution in [2.75, 3.05) is 0 Å². The number of hydrogen-bond donors (Lipinski definition) is 1. The van der Waals surface area contributed by atoms with Gasteiger partial charge in [-0.3, -0.25) is 10.1 Å². The van der Waals surface area contributed by atoms with Crippen LogP contribution in [-0.4, -0.2) is 22.4 Å². The molecule has 1 aliphatic rings. The summed E-state index contributed by atoms with van der Waals surface area (Å²) >= 11 is 7.27. The SMILES string of the molecule is CCC1(C)C(=O)NC(=O)N1Cc1ccc(Cl)s1. The molecule has 4 nitrogen and oxygen atoms in total. The summed E-state index contributed by atoms with van der Waals surface area (Å²) in [6, 6.07) is 3.34. The highest BCUT2D eigenvalue weighted by atomic mass is 35.5. The maximum atomic E-state index is 11.7. The maximum Gasteiger partial charge on any atom is 0.325 e. The van der Waals surface area contributed by atoms with E-state index in [4.69, 9.17) is 11.6 Å². The Morgan fingerprint density at radius 2 is 2.18 bits per heavy atom. The Bertz CT molecular complexity index is 474. The van der Waals surface area contributed by atoms with Crippen LogP contribution in [0.2, 0.25) is 4.34 Å². The fraction of sp³-hybridized carbons (Fsp3) is 0.455. The smallest absolute Gasteiger partial charge is 0.305 e. The number of hydrogen-bond acceptors (Lipinski definition) is 3. The Balaban J connectivity index is 2.24. The minimum absolute atomic E-state index is 0.229. The van der Waals surface area contributed by atoms with E-state index < -0.39 is 5.54 Å². The number of amides is 3. The number of halogens is 1. The van der Waals surface area contributed by atoms with E-state index in [0.29, 0.717) is 17.3 Å². The van der Waals surface area contributed by atoms with Gasteiger partial charge in [-0.05, 0) is 25.5 Å². The number of rotatable bonds is 3. The van der Waals surface area contributed by atoms with Gasteiger partial charge in [0.05, 0.1) is 10.9 Å². The van der Waals surface area contributed by atoms with Gasteiger partial charge in [0, 0.05) is 4.88 Å². The van der Waals surface area contributed by atoms with Gasteiger partial charge in [-0.25, -0.2) is 4.79 Å². The molecule has 2 heterocycles. The van der Waals surface area contributed by atoms with Crippen LogP contribution in [0, 0.1) is 0 Å².